The average molecular weight is 299 g/mol. The first-order chi connectivity index (χ1) is 8.95. The zero-order valence-corrected chi connectivity index (χ0v) is 13.0. The summed E-state index contributed by atoms with van der Waals surface area (Å²) in [5.74, 6) is 0. The molecule has 1 N–H and O–H groups in total. The van der Waals surface area contributed by atoms with Crippen molar-refractivity contribution in [1.82, 2.24) is 4.90 Å². The second kappa shape index (κ2) is 6.07. The molecule has 3 nitrogen and oxygen atoms in total. The van der Waals surface area contributed by atoms with Crippen LogP contribution in [0.15, 0.2) is 18.2 Å². The Balaban J connectivity index is 2.02. The zero-order valence-electron chi connectivity index (χ0n) is 11.4. The molecule has 1 saturated heterocycles. The second-order valence-corrected chi connectivity index (χ2v) is 5.85. The number of ether oxygens (including phenoxy) is 1. The van der Waals surface area contributed by atoms with Gasteiger partial charge in [-0.2, -0.15) is 0 Å². The molecular formula is C14H19ClN2OS. The van der Waals surface area contributed by atoms with E-state index in [9.17, 15) is 0 Å². The summed E-state index contributed by atoms with van der Waals surface area (Å²) in [6.07, 6.45) is 0.398. The van der Waals surface area contributed by atoms with Crippen molar-refractivity contribution in [2.45, 2.75) is 33.0 Å². The van der Waals surface area contributed by atoms with Crippen LogP contribution in [0.1, 0.15) is 19.4 Å². The summed E-state index contributed by atoms with van der Waals surface area (Å²) in [5.41, 5.74) is 1.99. The summed E-state index contributed by atoms with van der Waals surface area (Å²) >= 11 is 11.6. The van der Waals surface area contributed by atoms with E-state index in [-0.39, 0.29) is 12.2 Å². The molecule has 0 amide bonds. The summed E-state index contributed by atoms with van der Waals surface area (Å²) in [5, 5.41) is 4.71. The Morgan fingerprint density at radius 1 is 1.37 bits per heavy atom. The standard InChI is InChI=1S/C14H19ClN2OS/c1-9-4-5-12(6-13(9)15)16-14(19)17-7-10(2)18-11(3)8-17/h4-6,10-11H,7-8H2,1-3H3,(H,16,19)/t10-,11+. The molecule has 5 heteroatoms. The number of halogens is 1. The van der Waals surface area contributed by atoms with Gasteiger partial charge in [-0.25, -0.2) is 0 Å². The first-order valence-corrected chi connectivity index (χ1v) is 7.22. The third-order valence-corrected chi connectivity index (χ3v) is 3.90. The lowest BCUT2D eigenvalue weighted by Crippen LogP contribution is -2.49. The number of benzene rings is 1. The maximum absolute atomic E-state index is 6.11. The molecule has 104 valence electrons. The maximum atomic E-state index is 6.11. The highest BCUT2D eigenvalue weighted by atomic mass is 35.5. The van der Waals surface area contributed by atoms with Crippen LogP contribution in [0.25, 0.3) is 0 Å². The molecule has 0 aromatic heterocycles. The minimum Gasteiger partial charge on any atom is -0.372 e. The molecule has 0 saturated carbocycles. The van der Waals surface area contributed by atoms with E-state index in [1.165, 1.54) is 0 Å². The molecule has 0 aliphatic carbocycles. The van der Waals surface area contributed by atoms with E-state index >= 15 is 0 Å². The van der Waals surface area contributed by atoms with Gasteiger partial charge in [-0.3, -0.25) is 0 Å². The third kappa shape index (κ3) is 3.81. The van der Waals surface area contributed by atoms with Crippen molar-refractivity contribution in [3.63, 3.8) is 0 Å². The number of thiocarbonyl (C=S) groups is 1. The van der Waals surface area contributed by atoms with Crippen molar-refractivity contribution in [2.24, 2.45) is 0 Å². The SMILES string of the molecule is Cc1ccc(NC(=S)N2C[C@@H](C)O[C@@H](C)C2)cc1Cl. The normalized spacial score (nSPS) is 23.3. The zero-order chi connectivity index (χ0) is 14.0. The van der Waals surface area contributed by atoms with Crippen LogP contribution in [-0.4, -0.2) is 35.3 Å². The summed E-state index contributed by atoms with van der Waals surface area (Å²) in [6.45, 7) is 7.74. The Morgan fingerprint density at radius 3 is 2.58 bits per heavy atom. The van der Waals surface area contributed by atoms with E-state index in [4.69, 9.17) is 28.6 Å². The molecule has 1 aromatic carbocycles. The number of nitrogens with zero attached hydrogens (tertiary/aromatic N) is 1. The van der Waals surface area contributed by atoms with Crippen LogP contribution in [-0.2, 0) is 4.74 Å². The van der Waals surface area contributed by atoms with Crippen LogP contribution in [0.3, 0.4) is 0 Å². The third-order valence-electron chi connectivity index (χ3n) is 3.13. The number of hydrogen-bond donors (Lipinski definition) is 1. The predicted octanol–water partition coefficient (Wildman–Crippen LogP) is 3.45. The van der Waals surface area contributed by atoms with E-state index in [1.807, 2.05) is 25.1 Å². The summed E-state index contributed by atoms with van der Waals surface area (Å²) in [7, 11) is 0. The lowest BCUT2D eigenvalue weighted by molar-refractivity contribution is -0.0473. The van der Waals surface area contributed by atoms with Crippen LogP contribution in [0, 0.1) is 6.92 Å². The van der Waals surface area contributed by atoms with Crippen molar-refractivity contribution in [3.05, 3.63) is 28.8 Å². The Labute approximate surface area is 124 Å². The van der Waals surface area contributed by atoms with Gasteiger partial charge in [0.25, 0.3) is 0 Å². The monoisotopic (exact) mass is 298 g/mol. The fourth-order valence-corrected chi connectivity index (χ4v) is 2.66. The average Bonchev–Trinajstić information content (AvgIpc) is 2.32. The van der Waals surface area contributed by atoms with Gasteiger partial charge < -0.3 is 15.0 Å². The molecule has 0 unspecified atom stereocenters. The molecule has 2 rings (SSSR count). The van der Waals surface area contributed by atoms with E-state index in [1.54, 1.807) is 0 Å². The van der Waals surface area contributed by atoms with Gasteiger partial charge in [-0.15, -0.1) is 0 Å². The molecule has 19 heavy (non-hydrogen) atoms. The molecule has 1 aromatic rings. The maximum Gasteiger partial charge on any atom is 0.173 e. The number of nitrogens with one attached hydrogen (secondary N) is 1. The summed E-state index contributed by atoms with van der Waals surface area (Å²) < 4.78 is 5.70. The quantitative estimate of drug-likeness (QED) is 0.803. The van der Waals surface area contributed by atoms with E-state index in [0.717, 1.165) is 34.5 Å². The van der Waals surface area contributed by atoms with Gasteiger partial charge in [0.15, 0.2) is 5.11 Å². The highest BCUT2D eigenvalue weighted by Crippen LogP contribution is 2.21. The van der Waals surface area contributed by atoms with Gasteiger partial charge in [0, 0.05) is 23.8 Å². The molecule has 1 aliphatic heterocycles. The van der Waals surface area contributed by atoms with Gasteiger partial charge in [0.2, 0.25) is 0 Å². The molecule has 2 atom stereocenters. The Hall–Kier alpha value is -0.840. The minimum atomic E-state index is 0.199. The van der Waals surface area contributed by atoms with Gasteiger partial charge in [-0.05, 0) is 50.7 Å². The first-order valence-electron chi connectivity index (χ1n) is 6.43. The van der Waals surface area contributed by atoms with E-state index < -0.39 is 0 Å². The number of aryl methyl sites for hydroxylation is 1. The van der Waals surface area contributed by atoms with E-state index in [2.05, 4.69) is 24.1 Å². The van der Waals surface area contributed by atoms with Gasteiger partial charge in [-0.1, -0.05) is 17.7 Å². The molecular weight excluding hydrogens is 280 g/mol. The Morgan fingerprint density at radius 2 is 2.00 bits per heavy atom. The van der Waals surface area contributed by atoms with Crippen molar-refractivity contribution in [3.8, 4) is 0 Å². The van der Waals surface area contributed by atoms with Crippen LogP contribution >= 0.6 is 23.8 Å². The largest absolute Gasteiger partial charge is 0.372 e. The van der Waals surface area contributed by atoms with Crippen LogP contribution < -0.4 is 5.32 Å². The lowest BCUT2D eigenvalue weighted by atomic mass is 10.2. The van der Waals surface area contributed by atoms with Gasteiger partial charge in [0.1, 0.15) is 0 Å². The topological polar surface area (TPSA) is 24.5 Å². The lowest BCUT2D eigenvalue weighted by Gasteiger charge is -2.36. The second-order valence-electron chi connectivity index (χ2n) is 5.06. The highest BCUT2D eigenvalue weighted by Gasteiger charge is 2.23. The summed E-state index contributed by atoms with van der Waals surface area (Å²) in [6, 6.07) is 5.87. The van der Waals surface area contributed by atoms with Crippen molar-refractivity contribution < 1.29 is 4.74 Å². The fraction of sp³-hybridized carbons (Fsp3) is 0.500. The highest BCUT2D eigenvalue weighted by molar-refractivity contribution is 7.80. The molecule has 1 heterocycles. The molecule has 0 radical (unpaired) electrons. The van der Waals surface area contributed by atoms with E-state index in [0.29, 0.717) is 0 Å². The minimum absolute atomic E-state index is 0.199. The number of rotatable bonds is 1. The van der Waals surface area contributed by atoms with Crippen LogP contribution in [0.5, 0.6) is 0 Å². The molecule has 0 bridgehead atoms. The number of hydrogen-bond acceptors (Lipinski definition) is 2. The predicted molar refractivity (Wildman–Crippen MR) is 84.0 cm³/mol. The van der Waals surface area contributed by atoms with Crippen molar-refractivity contribution in [2.75, 3.05) is 18.4 Å². The number of morpholine rings is 1. The van der Waals surface area contributed by atoms with Crippen LogP contribution in [0.4, 0.5) is 5.69 Å². The Bertz CT molecular complexity index is 471. The molecule has 0 spiro atoms. The first kappa shape index (κ1) is 14.6. The van der Waals surface area contributed by atoms with Crippen LogP contribution in [0.2, 0.25) is 5.02 Å². The van der Waals surface area contributed by atoms with Crippen molar-refractivity contribution in [1.29, 1.82) is 0 Å². The number of anilines is 1. The Kier molecular flexibility index (Phi) is 4.66. The molecule has 1 aliphatic rings. The summed E-state index contributed by atoms with van der Waals surface area (Å²) in [4.78, 5) is 2.14. The smallest absolute Gasteiger partial charge is 0.173 e. The van der Waals surface area contributed by atoms with Crippen molar-refractivity contribution >= 4 is 34.6 Å². The van der Waals surface area contributed by atoms with Gasteiger partial charge in [0.05, 0.1) is 12.2 Å². The van der Waals surface area contributed by atoms with Gasteiger partial charge >= 0.3 is 0 Å². The molecule has 1 fully saturated rings. The fourth-order valence-electron chi connectivity index (χ4n) is 2.22.